The minimum absolute atomic E-state index is 0.196. The average Bonchev–Trinajstić information content (AvgIpc) is 2.29. The van der Waals surface area contributed by atoms with Crippen LogP contribution in [0.5, 0.6) is 0 Å². The lowest BCUT2D eigenvalue weighted by molar-refractivity contribution is -0.123. The third-order valence-corrected chi connectivity index (χ3v) is 3.66. The zero-order valence-corrected chi connectivity index (χ0v) is 10.3. The van der Waals surface area contributed by atoms with Crippen LogP contribution in [0.15, 0.2) is 24.3 Å². The van der Waals surface area contributed by atoms with Gasteiger partial charge in [-0.3, -0.25) is 4.79 Å². The van der Waals surface area contributed by atoms with Crippen LogP contribution in [0, 0.1) is 17.7 Å². The fourth-order valence-corrected chi connectivity index (χ4v) is 2.72. The van der Waals surface area contributed by atoms with Gasteiger partial charge >= 0.3 is 0 Å². The van der Waals surface area contributed by atoms with Gasteiger partial charge in [0, 0.05) is 12.3 Å². The molecule has 0 heterocycles. The van der Waals surface area contributed by atoms with Crippen LogP contribution < -0.4 is 0 Å². The quantitative estimate of drug-likeness (QED) is 0.778. The molecule has 2 rings (SSSR count). The molecule has 0 radical (unpaired) electrons. The molecule has 1 nitrogen and oxygen atoms in total. The van der Waals surface area contributed by atoms with E-state index in [9.17, 15) is 9.18 Å². The summed E-state index contributed by atoms with van der Waals surface area (Å²) in [5.41, 5.74) is 0.799. The monoisotopic (exact) mass is 234 g/mol. The van der Waals surface area contributed by atoms with Gasteiger partial charge in [-0.15, -0.1) is 0 Å². The van der Waals surface area contributed by atoms with Crippen molar-refractivity contribution in [2.45, 2.75) is 39.0 Å². The molecule has 1 fully saturated rings. The summed E-state index contributed by atoms with van der Waals surface area (Å²) in [7, 11) is 0. The number of hydrogen-bond acceptors (Lipinski definition) is 1. The van der Waals surface area contributed by atoms with Gasteiger partial charge in [0.1, 0.15) is 11.6 Å². The Morgan fingerprint density at radius 1 is 1.41 bits per heavy atom. The van der Waals surface area contributed by atoms with Gasteiger partial charge in [-0.05, 0) is 36.5 Å². The zero-order chi connectivity index (χ0) is 12.3. The van der Waals surface area contributed by atoms with Crippen LogP contribution in [0.25, 0.3) is 0 Å². The van der Waals surface area contributed by atoms with Crippen molar-refractivity contribution in [1.82, 2.24) is 0 Å². The molecular weight excluding hydrogens is 215 g/mol. The molecule has 17 heavy (non-hydrogen) atoms. The van der Waals surface area contributed by atoms with Crippen LogP contribution in [0.3, 0.4) is 0 Å². The Hall–Kier alpha value is -1.18. The van der Waals surface area contributed by atoms with Crippen LogP contribution in [0.1, 0.15) is 38.2 Å². The lowest BCUT2D eigenvalue weighted by atomic mass is 9.79. The third kappa shape index (κ3) is 3.39. The lowest BCUT2D eigenvalue weighted by Crippen LogP contribution is -2.23. The first kappa shape index (κ1) is 12.3. The Labute approximate surface area is 102 Å². The Bertz CT molecular complexity index is 400. The van der Waals surface area contributed by atoms with Gasteiger partial charge in [0.15, 0.2) is 0 Å². The third-order valence-electron chi connectivity index (χ3n) is 3.66. The second-order valence-electron chi connectivity index (χ2n) is 5.24. The van der Waals surface area contributed by atoms with Crippen molar-refractivity contribution >= 4 is 5.78 Å². The average molecular weight is 234 g/mol. The van der Waals surface area contributed by atoms with Gasteiger partial charge < -0.3 is 0 Å². The molecule has 0 spiro atoms. The van der Waals surface area contributed by atoms with E-state index in [-0.39, 0.29) is 17.5 Å². The molecule has 1 aliphatic rings. The van der Waals surface area contributed by atoms with E-state index >= 15 is 0 Å². The van der Waals surface area contributed by atoms with Gasteiger partial charge in [0.2, 0.25) is 0 Å². The summed E-state index contributed by atoms with van der Waals surface area (Å²) in [6, 6.07) is 6.37. The predicted octanol–water partition coefficient (Wildman–Crippen LogP) is 3.76. The Morgan fingerprint density at radius 3 is 2.94 bits per heavy atom. The van der Waals surface area contributed by atoms with Gasteiger partial charge in [-0.1, -0.05) is 31.9 Å². The Morgan fingerprint density at radius 2 is 2.24 bits per heavy atom. The molecule has 0 bridgehead atoms. The van der Waals surface area contributed by atoms with Crippen molar-refractivity contribution < 1.29 is 9.18 Å². The number of hydrogen-bond donors (Lipinski definition) is 0. The summed E-state index contributed by atoms with van der Waals surface area (Å²) in [5.74, 6) is 0.877. The fourth-order valence-electron chi connectivity index (χ4n) is 2.72. The molecular formula is C15H19FO. The number of ketones is 1. The molecule has 0 aliphatic heterocycles. The standard InChI is InChI=1S/C15H19FO/c1-11-4-2-6-13(8-11)15(17)10-12-5-3-7-14(16)9-12/h3,5,7,9,11,13H,2,4,6,8,10H2,1H3. The van der Waals surface area contributed by atoms with E-state index in [1.807, 2.05) is 6.07 Å². The topological polar surface area (TPSA) is 17.1 Å². The van der Waals surface area contributed by atoms with E-state index in [0.29, 0.717) is 12.3 Å². The highest BCUT2D eigenvalue weighted by Crippen LogP contribution is 2.29. The van der Waals surface area contributed by atoms with Crippen molar-refractivity contribution in [1.29, 1.82) is 0 Å². The molecule has 1 saturated carbocycles. The molecule has 2 unspecified atom stereocenters. The van der Waals surface area contributed by atoms with Gasteiger partial charge in [-0.2, -0.15) is 0 Å². The Kier molecular flexibility index (Phi) is 3.93. The summed E-state index contributed by atoms with van der Waals surface area (Å²) in [6.45, 7) is 2.21. The second-order valence-corrected chi connectivity index (χ2v) is 5.24. The van der Waals surface area contributed by atoms with E-state index in [1.54, 1.807) is 6.07 Å². The molecule has 0 saturated heterocycles. The molecule has 1 aliphatic carbocycles. The number of rotatable bonds is 3. The van der Waals surface area contributed by atoms with E-state index < -0.39 is 0 Å². The second kappa shape index (κ2) is 5.44. The zero-order valence-electron chi connectivity index (χ0n) is 10.3. The summed E-state index contributed by atoms with van der Waals surface area (Å²) < 4.78 is 13.0. The maximum absolute atomic E-state index is 13.0. The van der Waals surface area contributed by atoms with Crippen LogP contribution in [-0.4, -0.2) is 5.78 Å². The number of carbonyl (C=O) groups is 1. The minimum Gasteiger partial charge on any atom is -0.299 e. The molecule has 2 atom stereocenters. The maximum Gasteiger partial charge on any atom is 0.140 e. The highest BCUT2D eigenvalue weighted by Gasteiger charge is 2.24. The summed E-state index contributed by atoms with van der Waals surface area (Å²) in [5, 5.41) is 0. The lowest BCUT2D eigenvalue weighted by Gasteiger charge is -2.25. The van der Waals surface area contributed by atoms with Gasteiger partial charge in [-0.25, -0.2) is 4.39 Å². The van der Waals surface area contributed by atoms with Crippen molar-refractivity contribution in [2.75, 3.05) is 0 Å². The minimum atomic E-state index is -0.257. The van der Waals surface area contributed by atoms with E-state index in [4.69, 9.17) is 0 Å². The van der Waals surface area contributed by atoms with Crippen LogP contribution in [0.4, 0.5) is 4.39 Å². The molecule has 2 heteroatoms. The summed E-state index contributed by atoms with van der Waals surface area (Å²) in [4.78, 5) is 12.1. The molecule has 1 aromatic carbocycles. The highest BCUT2D eigenvalue weighted by molar-refractivity contribution is 5.83. The van der Waals surface area contributed by atoms with Gasteiger partial charge in [0.25, 0.3) is 0 Å². The molecule has 0 aromatic heterocycles. The van der Waals surface area contributed by atoms with Crippen LogP contribution in [0.2, 0.25) is 0 Å². The van der Waals surface area contributed by atoms with Crippen LogP contribution in [-0.2, 0) is 11.2 Å². The van der Waals surface area contributed by atoms with E-state index in [0.717, 1.165) is 24.8 Å². The molecule has 0 N–H and O–H groups in total. The Balaban J connectivity index is 1.96. The molecule has 92 valence electrons. The fraction of sp³-hybridized carbons (Fsp3) is 0.533. The van der Waals surface area contributed by atoms with Crippen molar-refractivity contribution in [3.05, 3.63) is 35.6 Å². The number of halogens is 1. The van der Waals surface area contributed by atoms with Crippen molar-refractivity contribution in [2.24, 2.45) is 11.8 Å². The summed E-state index contributed by atoms with van der Waals surface area (Å²) >= 11 is 0. The largest absolute Gasteiger partial charge is 0.299 e. The number of benzene rings is 1. The van der Waals surface area contributed by atoms with Gasteiger partial charge in [0.05, 0.1) is 0 Å². The maximum atomic E-state index is 13.0. The molecule has 0 amide bonds. The van der Waals surface area contributed by atoms with Crippen molar-refractivity contribution in [3.63, 3.8) is 0 Å². The molecule has 1 aromatic rings. The SMILES string of the molecule is CC1CCCC(C(=O)Cc2cccc(F)c2)C1. The highest BCUT2D eigenvalue weighted by atomic mass is 19.1. The first-order valence-electron chi connectivity index (χ1n) is 6.42. The number of Topliss-reactive ketones (excluding diaryl/α,β-unsaturated/α-hetero) is 1. The van der Waals surface area contributed by atoms with E-state index in [2.05, 4.69) is 6.92 Å². The van der Waals surface area contributed by atoms with E-state index in [1.165, 1.54) is 18.6 Å². The first-order valence-corrected chi connectivity index (χ1v) is 6.42. The first-order chi connectivity index (χ1) is 8.15. The van der Waals surface area contributed by atoms with Crippen LogP contribution >= 0.6 is 0 Å². The van der Waals surface area contributed by atoms with Crippen molar-refractivity contribution in [3.8, 4) is 0 Å². The summed E-state index contributed by atoms with van der Waals surface area (Å²) in [6.07, 6.45) is 4.80. The predicted molar refractivity (Wildman–Crippen MR) is 66.2 cm³/mol. The smallest absolute Gasteiger partial charge is 0.140 e. The normalized spacial score (nSPS) is 24.6. The number of carbonyl (C=O) groups excluding carboxylic acids is 1.